The molecule has 0 atom stereocenters. The highest BCUT2D eigenvalue weighted by atomic mass is 32.1. The van der Waals surface area contributed by atoms with Gasteiger partial charge in [-0.25, -0.2) is 4.98 Å². The normalized spacial score (nSPS) is 13.1. The van der Waals surface area contributed by atoms with Crippen molar-refractivity contribution in [3.05, 3.63) is 59.6 Å². The van der Waals surface area contributed by atoms with Crippen molar-refractivity contribution < 1.29 is 19.1 Å². The molecule has 2 aromatic carbocycles. The fourth-order valence-electron chi connectivity index (χ4n) is 3.71. The number of nitrogens with one attached hydrogen (secondary N) is 1. The molecule has 7 nitrogen and oxygen atoms in total. The third kappa shape index (κ3) is 6.10. The van der Waals surface area contributed by atoms with E-state index in [2.05, 4.69) is 15.2 Å². The summed E-state index contributed by atoms with van der Waals surface area (Å²) < 4.78 is 10.8. The maximum absolute atomic E-state index is 12.2. The Labute approximate surface area is 197 Å². The summed E-state index contributed by atoms with van der Waals surface area (Å²) in [5.41, 5.74) is 3.32. The van der Waals surface area contributed by atoms with E-state index >= 15 is 0 Å². The Morgan fingerprint density at radius 3 is 2.61 bits per heavy atom. The van der Waals surface area contributed by atoms with E-state index < -0.39 is 5.97 Å². The van der Waals surface area contributed by atoms with Crippen LogP contribution in [0.15, 0.2) is 53.9 Å². The van der Waals surface area contributed by atoms with Gasteiger partial charge in [-0.1, -0.05) is 12.1 Å². The molecule has 0 bridgehead atoms. The third-order valence-corrected chi connectivity index (χ3v) is 6.21. The van der Waals surface area contributed by atoms with Gasteiger partial charge in [0.25, 0.3) is 5.91 Å². The number of benzene rings is 2. The number of hydrogen-bond acceptors (Lipinski definition) is 7. The molecule has 0 aliphatic carbocycles. The van der Waals surface area contributed by atoms with Crippen molar-refractivity contribution in [2.45, 2.75) is 26.2 Å². The number of nitrogens with zero attached hydrogens (tertiary/aromatic N) is 2. The van der Waals surface area contributed by atoms with Gasteiger partial charge in [0.05, 0.1) is 24.3 Å². The molecule has 2 heterocycles. The minimum Gasteiger partial charge on any atom is -0.493 e. The zero-order chi connectivity index (χ0) is 23.0. The van der Waals surface area contributed by atoms with Crippen LogP contribution in [0.3, 0.4) is 0 Å². The Bertz CT molecular complexity index is 1090. The minimum atomic E-state index is -0.496. The number of ether oxygens (including phenoxy) is 2. The van der Waals surface area contributed by atoms with Crippen molar-refractivity contribution in [2.24, 2.45) is 0 Å². The third-order valence-electron chi connectivity index (χ3n) is 5.28. The number of thiazole rings is 1. The van der Waals surface area contributed by atoms with Crippen LogP contribution in [0.2, 0.25) is 0 Å². The van der Waals surface area contributed by atoms with Crippen LogP contribution in [0.25, 0.3) is 10.6 Å². The SMILES string of the molecule is CCOc1ccccc1-c1nc(CC(=O)OCC(=O)Nc2ccc(N3CCCC3)cc2)cs1. The van der Waals surface area contributed by atoms with Crippen molar-refractivity contribution in [2.75, 3.05) is 36.5 Å². The monoisotopic (exact) mass is 465 g/mol. The van der Waals surface area contributed by atoms with E-state index in [1.54, 1.807) is 0 Å². The van der Waals surface area contributed by atoms with Crippen LogP contribution in [0.4, 0.5) is 11.4 Å². The van der Waals surface area contributed by atoms with Gasteiger partial charge in [0.15, 0.2) is 6.61 Å². The Balaban J connectivity index is 1.25. The van der Waals surface area contributed by atoms with E-state index in [0.29, 0.717) is 18.0 Å². The number of para-hydroxylation sites is 1. The number of hydrogen-bond donors (Lipinski definition) is 1. The zero-order valence-electron chi connectivity index (χ0n) is 18.6. The van der Waals surface area contributed by atoms with Crippen LogP contribution < -0.4 is 15.0 Å². The Morgan fingerprint density at radius 2 is 1.85 bits per heavy atom. The first-order valence-corrected chi connectivity index (χ1v) is 12.0. The molecule has 0 unspecified atom stereocenters. The summed E-state index contributed by atoms with van der Waals surface area (Å²) in [6, 6.07) is 15.4. The van der Waals surface area contributed by atoms with Gasteiger partial charge in [-0.2, -0.15) is 0 Å². The highest BCUT2D eigenvalue weighted by molar-refractivity contribution is 7.13. The summed E-state index contributed by atoms with van der Waals surface area (Å²) in [4.78, 5) is 31.2. The maximum atomic E-state index is 12.2. The zero-order valence-corrected chi connectivity index (χ0v) is 19.4. The highest BCUT2D eigenvalue weighted by Gasteiger charge is 2.15. The lowest BCUT2D eigenvalue weighted by Gasteiger charge is -2.17. The summed E-state index contributed by atoms with van der Waals surface area (Å²) in [5.74, 6) is -0.111. The van der Waals surface area contributed by atoms with E-state index in [1.165, 1.54) is 24.2 Å². The molecule has 1 N–H and O–H groups in total. The van der Waals surface area contributed by atoms with Crippen molar-refractivity contribution in [1.29, 1.82) is 0 Å². The second kappa shape index (κ2) is 11.0. The fraction of sp³-hybridized carbons (Fsp3) is 0.320. The second-order valence-electron chi connectivity index (χ2n) is 7.70. The number of aromatic nitrogens is 1. The summed E-state index contributed by atoms with van der Waals surface area (Å²) in [7, 11) is 0. The number of carbonyl (C=O) groups is 2. The average molecular weight is 466 g/mol. The molecule has 1 aliphatic rings. The first-order valence-electron chi connectivity index (χ1n) is 11.1. The lowest BCUT2D eigenvalue weighted by molar-refractivity contribution is -0.146. The lowest BCUT2D eigenvalue weighted by atomic mass is 10.2. The van der Waals surface area contributed by atoms with Crippen LogP contribution in [-0.2, 0) is 20.7 Å². The first kappa shape index (κ1) is 22.8. The quantitative estimate of drug-likeness (QED) is 0.468. The molecular weight excluding hydrogens is 438 g/mol. The predicted octanol–water partition coefficient (Wildman–Crippen LogP) is 4.53. The van der Waals surface area contributed by atoms with Gasteiger partial charge in [-0.05, 0) is 56.2 Å². The molecular formula is C25H27N3O4S. The molecule has 4 rings (SSSR count). The van der Waals surface area contributed by atoms with E-state index in [4.69, 9.17) is 9.47 Å². The highest BCUT2D eigenvalue weighted by Crippen LogP contribution is 2.32. The predicted molar refractivity (Wildman–Crippen MR) is 130 cm³/mol. The second-order valence-corrected chi connectivity index (χ2v) is 8.56. The van der Waals surface area contributed by atoms with Gasteiger partial charge in [-0.3, -0.25) is 9.59 Å². The van der Waals surface area contributed by atoms with Gasteiger partial charge in [0, 0.05) is 29.8 Å². The molecule has 33 heavy (non-hydrogen) atoms. The molecule has 3 aromatic rings. The van der Waals surface area contributed by atoms with Crippen molar-refractivity contribution in [3.8, 4) is 16.3 Å². The summed E-state index contributed by atoms with van der Waals surface area (Å²) in [5, 5.41) is 5.36. The van der Waals surface area contributed by atoms with E-state index in [-0.39, 0.29) is 18.9 Å². The maximum Gasteiger partial charge on any atom is 0.312 e. The number of anilines is 2. The molecule has 0 radical (unpaired) electrons. The lowest BCUT2D eigenvalue weighted by Crippen LogP contribution is -2.22. The standard InChI is InChI=1S/C25H27N3O4S/c1-2-31-22-8-4-3-7-21(22)25-27-19(17-33-25)15-24(30)32-16-23(29)26-18-9-11-20(12-10-18)28-13-5-6-14-28/h3-4,7-12,17H,2,5-6,13-16H2,1H3,(H,26,29). The number of carbonyl (C=O) groups excluding carboxylic acids is 2. The van der Waals surface area contributed by atoms with Gasteiger partial charge in [0.1, 0.15) is 10.8 Å². The minimum absolute atomic E-state index is 0.00507. The Hall–Kier alpha value is -3.39. The van der Waals surface area contributed by atoms with E-state index in [0.717, 1.165) is 35.1 Å². The molecule has 0 spiro atoms. The van der Waals surface area contributed by atoms with E-state index in [1.807, 2.05) is 60.8 Å². The molecule has 1 fully saturated rings. The summed E-state index contributed by atoms with van der Waals surface area (Å²) in [6.07, 6.45) is 2.43. The van der Waals surface area contributed by atoms with Gasteiger partial charge in [0.2, 0.25) is 0 Å². The van der Waals surface area contributed by atoms with Gasteiger partial charge < -0.3 is 19.7 Å². The van der Waals surface area contributed by atoms with Crippen LogP contribution in [0.1, 0.15) is 25.5 Å². The molecule has 172 valence electrons. The smallest absolute Gasteiger partial charge is 0.312 e. The van der Waals surface area contributed by atoms with Crippen LogP contribution >= 0.6 is 11.3 Å². The first-order chi connectivity index (χ1) is 16.1. The summed E-state index contributed by atoms with van der Waals surface area (Å²) >= 11 is 1.44. The van der Waals surface area contributed by atoms with Crippen molar-refractivity contribution in [1.82, 2.24) is 4.98 Å². The number of rotatable bonds is 9. The number of esters is 1. The largest absolute Gasteiger partial charge is 0.493 e. The number of amides is 1. The molecule has 1 amide bonds. The van der Waals surface area contributed by atoms with Crippen LogP contribution in [0.5, 0.6) is 5.75 Å². The topological polar surface area (TPSA) is 80.8 Å². The van der Waals surface area contributed by atoms with Gasteiger partial charge >= 0.3 is 5.97 Å². The van der Waals surface area contributed by atoms with Crippen LogP contribution in [0, 0.1) is 0 Å². The Morgan fingerprint density at radius 1 is 1.09 bits per heavy atom. The molecule has 1 saturated heterocycles. The van der Waals surface area contributed by atoms with E-state index in [9.17, 15) is 9.59 Å². The summed E-state index contributed by atoms with van der Waals surface area (Å²) in [6.45, 7) is 4.30. The van der Waals surface area contributed by atoms with Crippen LogP contribution in [-0.4, -0.2) is 43.2 Å². The molecule has 8 heteroatoms. The molecule has 1 aromatic heterocycles. The molecule has 0 saturated carbocycles. The molecule has 1 aliphatic heterocycles. The van der Waals surface area contributed by atoms with Crippen molar-refractivity contribution in [3.63, 3.8) is 0 Å². The van der Waals surface area contributed by atoms with Gasteiger partial charge in [-0.15, -0.1) is 11.3 Å². The van der Waals surface area contributed by atoms with Crippen molar-refractivity contribution >= 4 is 34.6 Å². The fourth-order valence-corrected chi connectivity index (χ4v) is 4.56. The Kier molecular flexibility index (Phi) is 7.57. The average Bonchev–Trinajstić information content (AvgIpc) is 3.52.